The van der Waals surface area contributed by atoms with E-state index in [1.807, 2.05) is 30.0 Å². The van der Waals surface area contributed by atoms with E-state index in [2.05, 4.69) is 9.88 Å². The molecule has 2 aromatic rings. The Bertz CT molecular complexity index is 714. The molecular weight excluding hydrogens is 318 g/mol. The number of pyridine rings is 1. The molecule has 132 valence electrons. The largest absolute Gasteiger partial charge is 0.472 e. The summed E-state index contributed by atoms with van der Waals surface area (Å²) in [6, 6.07) is 5.89. The molecule has 2 saturated heterocycles. The summed E-state index contributed by atoms with van der Waals surface area (Å²) in [5, 5.41) is 0. The summed E-state index contributed by atoms with van der Waals surface area (Å²) in [7, 11) is 0. The zero-order valence-corrected chi connectivity index (χ0v) is 14.4. The Balaban J connectivity index is 1.46. The Morgan fingerprint density at radius 2 is 2.20 bits per heavy atom. The van der Waals surface area contributed by atoms with Crippen LogP contribution in [-0.4, -0.2) is 48.1 Å². The number of carbonyl (C=O) groups excluding carboxylic acids is 1. The SMILES string of the molecule is Cc1ccc(N2CCO[C@H]3CN(Cc4ccoc4)CC[C@H]3C2=O)cn1. The molecule has 0 aromatic carbocycles. The van der Waals surface area contributed by atoms with Crippen molar-refractivity contribution < 1.29 is 13.9 Å². The first-order valence-electron chi connectivity index (χ1n) is 8.80. The maximum atomic E-state index is 13.1. The summed E-state index contributed by atoms with van der Waals surface area (Å²) in [5.74, 6) is 0.0838. The summed E-state index contributed by atoms with van der Waals surface area (Å²) < 4.78 is 11.2. The molecule has 4 rings (SSSR count). The topological polar surface area (TPSA) is 58.8 Å². The second-order valence-electron chi connectivity index (χ2n) is 6.82. The van der Waals surface area contributed by atoms with Gasteiger partial charge in [-0.1, -0.05) is 0 Å². The van der Waals surface area contributed by atoms with Gasteiger partial charge in [-0.05, 0) is 38.1 Å². The minimum atomic E-state index is -0.0793. The van der Waals surface area contributed by atoms with Gasteiger partial charge >= 0.3 is 0 Å². The number of aromatic nitrogens is 1. The van der Waals surface area contributed by atoms with Gasteiger partial charge in [0.05, 0.1) is 43.0 Å². The second kappa shape index (κ2) is 6.98. The minimum Gasteiger partial charge on any atom is -0.472 e. The number of nitrogens with zero attached hydrogens (tertiary/aromatic N) is 3. The van der Waals surface area contributed by atoms with E-state index in [1.165, 1.54) is 0 Å². The third-order valence-electron chi connectivity index (χ3n) is 5.07. The average molecular weight is 341 g/mol. The predicted octanol–water partition coefficient (Wildman–Crippen LogP) is 2.24. The lowest BCUT2D eigenvalue weighted by atomic mass is 9.92. The lowest BCUT2D eigenvalue weighted by Gasteiger charge is -2.36. The Hall–Kier alpha value is -2.18. The Kier molecular flexibility index (Phi) is 4.55. The van der Waals surface area contributed by atoms with Crippen LogP contribution >= 0.6 is 0 Å². The normalized spacial score (nSPS) is 24.8. The van der Waals surface area contributed by atoms with E-state index in [9.17, 15) is 4.79 Å². The van der Waals surface area contributed by atoms with Gasteiger partial charge in [0.15, 0.2) is 0 Å². The average Bonchev–Trinajstić information content (AvgIpc) is 3.07. The second-order valence-corrected chi connectivity index (χ2v) is 6.82. The number of amides is 1. The number of hydrogen-bond donors (Lipinski definition) is 0. The van der Waals surface area contributed by atoms with Crippen molar-refractivity contribution in [3.63, 3.8) is 0 Å². The first-order chi connectivity index (χ1) is 12.2. The van der Waals surface area contributed by atoms with Gasteiger partial charge in [-0.15, -0.1) is 0 Å². The lowest BCUT2D eigenvalue weighted by Crippen LogP contribution is -2.49. The van der Waals surface area contributed by atoms with Crippen LogP contribution in [0.4, 0.5) is 5.69 Å². The monoisotopic (exact) mass is 341 g/mol. The fraction of sp³-hybridized carbons (Fsp3) is 0.474. The molecule has 2 aliphatic rings. The van der Waals surface area contributed by atoms with Gasteiger partial charge in [0.25, 0.3) is 0 Å². The number of piperidine rings is 1. The van der Waals surface area contributed by atoms with Crippen molar-refractivity contribution in [2.75, 3.05) is 31.1 Å². The summed E-state index contributed by atoms with van der Waals surface area (Å²) in [4.78, 5) is 21.6. The molecule has 0 bridgehead atoms. The number of fused-ring (bicyclic) bond motifs is 1. The van der Waals surface area contributed by atoms with Crippen molar-refractivity contribution >= 4 is 11.6 Å². The van der Waals surface area contributed by atoms with Gasteiger partial charge in [-0.25, -0.2) is 0 Å². The summed E-state index contributed by atoms with van der Waals surface area (Å²) >= 11 is 0. The Morgan fingerprint density at radius 3 is 2.96 bits per heavy atom. The number of aryl methyl sites for hydroxylation is 1. The molecule has 0 radical (unpaired) electrons. The molecule has 2 aromatic heterocycles. The van der Waals surface area contributed by atoms with E-state index in [4.69, 9.17) is 9.15 Å². The van der Waals surface area contributed by atoms with E-state index in [1.54, 1.807) is 18.7 Å². The first-order valence-corrected chi connectivity index (χ1v) is 8.80. The Labute approximate surface area is 147 Å². The molecule has 0 spiro atoms. The summed E-state index contributed by atoms with van der Waals surface area (Å²) in [6.45, 7) is 5.59. The molecular formula is C19H23N3O3. The molecule has 0 unspecified atom stereocenters. The zero-order valence-electron chi connectivity index (χ0n) is 14.4. The van der Waals surface area contributed by atoms with Gasteiger partial charge in [-0.2, -0.15) is 0 Å². The van der Waals surface area contributed by atoms with Crippen LogP contribution < -0.4 is 4.90 Å². The molecule has 6 nitrogen and oxygen atoms in total. The smallest absolute Gasteiger partial charge is 0.232 e. The highest BCUT2D eigenvalue weighted by molar-refractivity contribution is 5.95. The third kappa shape index (κ3) is 3.45. The van der Waals surface area contributed by atoms with E-state index in [-0.39, 0.29) is 17.9 Å². The van der Waals surface area contributed by atoms with Crippen LogP contribution in [-0.2, 0) is 16.1 Å². The van der Waals surface area contributed by atoms with Crippen molar-refractivity contribution in [2.45, 2.75) is 26.0 Å². The maximum absolute atomic E-state index is 13.1. The van der Waals surface area contributed by atoms with Crippen molar-refractivity contribution in [2.24, 2.45) is 5.92 Å². The summed E-state index contributed by atoms with van der Waals surface area (Å²) in [5.41, 5.74) is 2.97. The van der Waals surface area contributed by atoms with Crippen LogP contribution in [0.3, 0.4) is 0 Å². The number of anilines is 1. The van der Waals surface area contributed by atoms with E-state index in [0.29, 0.717) is 13.2 Å². The highest BCUT2D eigenvalue weighted by Crippen LogP contribution is 2.28. The zero-order chi connectivity index (χ0) is 17.2. The number of furan rings is 1. The highest BCUT2D eigenvalue weighted by atomic mass is 16.5. The molecule has 0 N–H and O–H groups in total. The molecule has 2 aliphatic heterocycles. The van der Waals surface area contributed by atoms with Gasteiger partial charge in [0.2, 0.25) is 5.91 Å². The van der Waals surface area contributed by atoms with Crippen molar-refractivity contribution in [1.29, 1.82) is 0 Å². The van der Waals surface area contributed by atoms with Crippen molar-refractivity contribution in [3.05, 3.63) is 48.2 Å². The number of likely N-dealkylation sites (tertiary alicyclic amines) is 1. The van der Waals surface area contributed by atoms with Crippen molar-refractivity contribution in [1.82, 2.24) is 9.88 Å². The Morgan fingerprint density at radius 1 is 1.28 bits per heavy atom. The van der Waals surface area contributed by atoms with Crippen LogP contribution in [0, 0.1) is 12.8 Å². The molecule has 2 atom stereocenters. The van der Waals surface area contributed by atoms with E-state index in [0.717, 1.165) is 43.0 Å². The molecule has 6 heteroatoms. The molecule has 2 fully saturated rings. The minimum absolute atomic E-state index is 0.0449. The predicted molar refractivity (Wildman–Crippen MR) is 93.2 cm³/mol. The van der Waals surface area contributed by atoms with Crippen LogP contribution in [0.5, 0.6) is 0 Å². The van der Waals surface area contributed by atoms with Gasteiger partial charge in [-0.3, -0.25) is 14.7 Å². The third-order valence-corrected chi connectivity index (χ3v) is 5.07. The quantitative estimate of drug-likeness (QED) is 0.857. The lowest BCUT2D eigenvalue weighted by molar-refractivity contribution is -0.128. The molecule has 0 saturated carbocycles. The first kappa shape index (κ1) is 16.3. The summed E-state index contributed by atoms with van der Waals surface area (Å²) in [6.07, 6.45) is 6.02. The number of rotatable bonds is 3. The van der Waals surface area contributed by atoms with Crippen LogP contribution in [0.25, 0.3) is 0 Å². The molecule has 1 amide bonds. The maximum Gasteiger partial charge on any atom is 0.232 e. The molecule has 0 aliphatic carbocycles. The van der Waals surface area contributed by atoms with Crippen LogP contribution in [0.1, 0.15) is 17.7 Å². The van der Waals surface area contributed by atoms with Crippen LogP contribution in [0.15, 0.2) is 41.3 Å². The van der Waals surface area contributed by atoms with Gasteiger partial charge in [0, 0.05) is 30.9 Å². The standard InChI is InChI=1S/C19H23N3O3/c1-14-2-3-16(10-20-14)22-7-9-25-18-12-21(6-4-17(18)19(22)23)11-15-5-8-24-13-15/h2-3,5,8,10,13,17-18H,4,6-7,9,11-12H2,1H3/t17-,18+/m1/s1. The molecule has 25 heavy (non-hydrogen) atoms. The van der Waals surface area contributed by atoms with Crippen LogP contribution in [0.2, 0.25) is 0 Å². The van der Waals surface area contributed by atoms with Crippen molar-refractivity contribution in [3.8, 4) is 0 Å². The molecule has 4 heterocycles. The number of carbonyl (C=O) groups is 1. The highest BCUT2D eigenvalue weighted by Gasteiger charge is 2.39. The van der Waals surface area contributed by atoms with Gasteiger partial charge in [0.1, 0.15) is 0 Å². The van der Waals surface area contributed by atoms with Gasteiger partial charge < -0.3 is 14.1 Å². The fourth-order valence-electron chi connectivity index (χ4n) is 3.70. The van der Waals surface area contributed by atoms with E-state index >= 15 is 0 Å². The number of ether oxygens (including phenoxy) is 1. The fourth-order valence-corrected chi connectivity index (χ4v) is 3.70. The number of hydrogen-bond acceptors (Lipinski definition) is 5. The van der Waals surface area contributed by atoms with E-state index < -0.39 is 0 Å².